The van der Waals surface area contributed by atoms with Gasteiger partial charge in [0, 0.05) is 17.1 Å². The minimum Gasteiger partial charge on any atom is -0.507 e. The molecule has 1 aliphatic rings. The SMILES string of the molecule is COc1ccc(C2/C(=C(/O)c3ccc(Cl)cc3)C(=O)C(=O)N2Cc2ccccc2)cc1. The van der Waals surface area contributed by atoms with Crippen LogP contribution < -0.4 is 4.74 Å². The van der Waals surface area contributed by atoms with E-state index in [1.807, 2.05) is 30.3 Å². The number of carbonyl (C=O) groups excluding carboxylic acids is 2. The van der Waals surface area contributed by atoms with Gasteiger partial charge in [0.15, 0.2) is 0 Å². The predicted molar refractivity (Wildman–Crippen MR) is 119 cm³/mol. The summed E-state index contributed by atoms with van der Waals surface area (Å²) in [6.45, 7) is 0.236. The summed E-state index contributed by atoms with van der Waals surface area (Å²) in [6.07, 6.45) is 0. The van der Waals surface area contributed by atoms with Crippen LogP contribution in [-0.2, 0) is 16.1 Å². The minimum atomic E-state index is -0.734. The normalized spacial score (nSPS) is 17.7. The van der Waals surface area contributed by atoms with Crippen molar-refractivity contribution in [2.75, 3.05) is 7.11 Å². The van der Waals surface area contributed by atoms with Crippen molar-refractivity contribution in [2.45, 2.75) is 12.6 Å². The molecular weight excluding hydrogens is 414 g/mol. The average Bonchev–Trinajstić information content (AvgIpc) is 3.05. The first-order valence-electron chi connectivity index (χ1n) is 9.72. The molecule has 3 aromatic rings. The number of ether oxygens (including phenoxy) is 1. The van der Waals surface area contributed by atoms with Gasteiger partial charge < -0.3 is 14.7 Å². The van der Waals surface area contributed by atoms with E-state index < -0.39 is 17.7 Å². The van der Waals surface area contributed by atoms with E-state index in [1.165, 1.54) is 4.90 Å². The van der Waals surface area contributed by atoms with Crippen LogP contribution in [0.3, 0.4) is 0 Å². The Hall–Kier alpha value is -3.57. The first-order valence-corrected chi connectivity index (χ1v) is 10.1. The van der Waals surface area contributed by atoms with E-state index in [1.54, 1.807) is 55.6 Å². The average molecular weight is 434 g/mol. The number of halogens is 1. The van der Waals surface area contributed by atoms with Gasteiger partial charge in [-0.25, -0.2) is 0 Å². The first kappa shape index (κ1) is 20.7. The molecule has 1 saturated heterocycles. The van der Waals surface area contributed by atoms with Gasteiger partial charge in [-0.3, -0.25) is 9.59 Å². The highest BCUT2D eigenvalue weighted by Gasteiger charge is 2.46. The third kappa shape index (κ3) is 4.05. The maximum Gasteiger partial charge on any atom is 0.295 e. The number of hydrogen-bond donors (Lipinski definition) is 1. The zero-order valence-corrected chi connectivity index (χ0v) is 17.5. The Balaban J connectivity index is 1.85. The number of carbonyl (C=O) groups is 2. The Bertz CT molecular complexity index is 1140. The number of methoxy groups -OCH3 is 1. The van der Waals surface area contributed by atoms with Gasteiger partial charge in [0.25, 0.3) is 11.7 Å². The molecule has 31 heavy (non-hydrogen) atoms. The molecule has 0 aromatic heterocycles. The molecule has 1 amide bonds. The van der Waals surface area contributed by atoms with E-state index in [0.717, 1.165) is 5.56 Å². The van der Waals surface area contributed by atoms with E-state index in [4.69, 9.17) is 16.3 Å². The maximum absolute atomic E-state index is 13.0. The molecular formula is C25H20ClNO4. The highest BCUT2D eigenvalue weighted by Crippen LogP contribution is 2.40. The molecule has 3 aromatic carbocycles. The molecule has 0 aliphatic carbocycles. The molecule has 1 aliphatic heterocycles. The summed E-state index contributed by atoms with van der Waals surface area (Å²) < 4.78 is 5.23. The molecule has 156 valence electrons. The monoisotopic (exact) mass is 433 g/mol. The third-order valence-corrected chi connectivity index (χ3v) is 5.54. The Morgan fingerprint density at radius 1 is 0.968 bits per heavy atom. The summed E-state index contributed by atoms with van der Waals surface area (Å²) in [4.78, 5) is 27.5. The minimum absolute atomic E-state index is 0.0495. The smallest absolute Gasteiger partial charge is 0.295 e. The molecule has 6 heteroatoms. The third-order valence-electron chi connectivity index (χ3n) is 5.28. The van der Waals surface area contributed by atoms with Crippen LogP contribution in [0.5, 0.6) is 5.75 Å². The maximum atomic E-state index is 13.0. The Labute approximate surface area is 185 Å². The topological polar surface area (TPSA) is 66.8 Å². The van der Waals surface area contributed by atoms with Crippen molar-refractivity contribution in [1.29, 1.82) is 0 Å². The van der Waals surface area contributed by atoms with Crippen LogP contribution in [0.2, 0.25) is 5.02 Å². The molecule has 0 saturated carbocycles. The van der Waals surface area contributed by atoms with E-state index in [0.29, 0.717) is 21.9 Å². The van der Waals surface area contributed by atoms with Gasteiger partial charge in [0.2, 0.25) is 0 Å². The van der Waals surface area contributed by atoms with Gasteiger partial charge in [-0.05, 0) is 47.5 Å². The van der Waals surface area contributed by atoms with Crippen LogP contribution in [0.4, 0.5) is 0 Å². The molecule has 0 radical (unpaired) electrons. The zero-order chi connectivity index (χ0) is 22.0. The van der Waals surface area contributed by atoms with Crippen molar-refractivity contribution in [3.05, 3.63) is 106 Å². The number of nitrogens with zero attached hydrogens (tertiary/aromatic N) is 1. The summed E-state index contributed by atoms with van der Waals surface area (Å²) in [5.41, 5.74) is 2.05. The number of ketones is 1. The van der Waals surface area contributed by atoms with Crippen molar-refractivity contribution < 1.29 is 19.4 Å². The summed E-state index contributed by atoms with van der Waals surface area (Å²) in [7, 11) is 1.57. The highest BCUT2D eigenvalue weighted by atomic mass is 35.5. The number of benzene rings is 3. The fraction of sp³-hybridized carbons (Fsp3) is 0.120. The van der Waals surface area contributed by atoms with E-state index in [-0.39, 0.29) is 17.9 Å². The van der Waals surface area contributed by atoms with Crippen LogP contribution >= 0.6 is 11.6 Å². The van der Waals surface area contributed by atoms with Gasteiger partial charge in [-0.1, -0.05) is 54.1 Å². The molecule has 4 rings (SSSR count). The first-order chi connectivity index (χ1) is 15.0. The molecule has 0 bridgehead atoms. The lowest BCUT2D eigenvalue weighted by molar-refractivity contribution is -0.140. The number of aliphatic hydroxyl groups is 1. The number of likely N-dealkylation sites (tertiary alicyclic amines) is 1. The number of rotatable bonds is 5. The number of amides is 1. The molecule has 1 unspecified atom stereocenters. The molecule has 1 fully saturated rings. The Kier molecular flexibility index (Phi) is 5.78. The Morgan fingerprint density at radius 2 is 1.61 bits per heavy atom. The van der Waals surface area contributed by atoms with Gasteiger partial charge >= 0.3 is 0 Å². The zero-order valence-electron chi connectivity index (χ0n) is 16.8. The van der Waals surface area contributed by atoms with Gasteiger partial charge in [0.05, 0.1) is 18.7 Å². The summed E-state index contributed by atoms with van der Waals surface area (Å²) in [5, 5.41) is 11.5. The van der Waals surface area contributed by atoms with Crippen molar-refractivity contribution in [3.8, 4) is 5.75 Å². The second kappa shape index (κ2) is 8.66. The lowest BCUT2D eigenvalue weighted by atomic mass is 9.95. The molecule has 1 atom stereocenters. The summed E-state index contributed by atoms with van der Waals surface area (Å²) >= 11 is 5.96. The van der Waals surface area contributed by atoms with Crippen molar-refractivity contribution in [3.63, 3.8) is 0 Å². The van der Waals surface area contributed by atoms with Crippen molar-refractivity contribution in [1.82, 2.24) is 4.90 Å². The van der Waals surface area contributed by atoms with Crippen LogP contribution in [0.1, 0.15) is 22.7 Å². The number of hydrogen-bond acceptors (Lipinski definition) is 4. The quantitative estimate of drug-likeness (QED) is 0.350. The van der Waals surface area contributed by atoms with Crippen LogP contribution in [0.25, 0.3) is 5.76 Å². The van der Waals surface area contributed by atoms with Crippen molar-refractivity contribution >= 4 is 29.1 Å². The molecule has 1 N–H and O–H groups in total. The van der Waals surface area contributed by atoms with E-state index in [2.05, 4.69) is 0 Å². The lowest BCUT2D eigenvalue weighted by Crippen LogP contribution is -2.29. The van der Waals surface area contributed by atoms with Gasteiger partial charge in [-0.15, -0.1) is 0 Å². The summed E-state index contributed by atoms with van der Waals surface area (Å²) in [5.74, 6) is -0.947. The largest absolute Gasteiger partial charge is 0.507 e. The predicted octanol–water partition coefficient (Wildman–Crippen LogP) is 4.97. The highest BCUT2D eigenvalue weighted by molar-refractivity contribution is 6.46. The summed E-state index contributed by atoms with van der Waals surface area (Å²) in [6, 6.07) is 22.3. The second-order valence-corrected chi connectivity index (χ2v) is 7.63. The standard InChI is InChI=1S/C25H20ClNO4/c1-31-20-13-9-17(10-14-20)22-21(23(28)18-7-11-19(26)12-8-18)24(29)25(30)27(22)15-16-5-3-2-4-6-16/h2-14,22,28H,15H2,1H3/b23-21-. The fourth-order valence-corrected chi connectivity index (χ4v) is 3.85. The van der Waals surface area contributed by atoms with Crippen LogP contribution in [0, 0.1) is 0 Å². The van der Waals surface area contributed by atoms with E-state index in [9.17, 15) is 14.7 Å². The van der Waals surface area contributed by atoms with Crippen molar-refractivity contribution in [2.24, 2.45) is 0 Å². The van der Waals surface area contributed by atoms with E-state index >= 15 is 0 Å². The van der Waals surface area contributed by atoms with Gasteiger partial charge in [-0.2, -0.15) is 0 Å². The fourth-order valence-electron chi connectivity index (χ4n) is 3.72. The molecule has 0 spiro atoms. The lowest BCUT2D eigenvalue weighted by Gasteiger charge is -2.25. The molecule has 5 nitrogen and oxygen atoms in total. The molecule has 1 heterocycles. The second-order valence-electron chi connectivity index (χ2n) is 7.19. The van der Waals surface area contributed by atoms with Crippen LogP contribution in [-0.4, -0.2) is 28.8 Å². The number of aliphatic hydroxyl groups excluding tert-OH is 1. The van der Waals surface area contributed by atoms with Crippen LogP contribution in [0.15, 0.2) is 84.4 Å². The Morgan fingerprint density at radius 3 is 2.23 bits per heavy atom. The number of Topliss-reactive ketones (excluding diaryl/α,β-unsaturated/α-hetero) is 1. The van der Waals surface area contributed by atoms with Gasteiger partial charge in [0.1, 0.15) is 11.5 Å².